The first-order valence-corrected chi connectivity index (χ1v) is 7.80. The third kappa shape index (κ3) is 5.68. The van der Waals surface area contributed by atoms with Gasteiger partial charge in [-0.25, -0.2) is 0 Å². The van der Waals surface area contributed by atoms with E-state index in [9.17, 15) is 4.79 Å². The number of carbonyl (C=O) groups is 1. The van der Waals surface area contributed by atoms with Crippen molar-refractivity contribution in [1.82, 2.24) is 4.90 Å². The number of nitrogens with two attached hydrogens (primary N) is 1. The maximum absolute atomic E-state index is 12.2. The van der Waals surface area contributed by atoms with E-state index in [1.807, 2.05) is 4.90 Å². The molecule has 1 fully saturated rings. The monoisotopic (exact) mass is 310 g/mol. The second-order valence-corrected chi connectivity index (χ2v) is 5.82. The number of hydrogen-bond acceptors (Lipinski definition) is 2. The largest absolute Gasteiger partial charge is 0.342 e. The van der Waals surface area contributed by atoms with Gasteiger partial charge in [0.2, 0.25) is 5.91 Å². The summed E-state index contributed by atoms with van der Waals surface area (Å²) in [6.07, 6.45) is 5.96. The van der Waals surface area contributed by atoms with E-state index in [0.29, 0.717) is 6.42 Å². The minimum absolute atomic E-state index is 0. The number of amides is 1. The summed E-state index contributed by atoms with van der Waals surface area (Å²) in [6.45, 7) is 3.83. The number of unbranched alkanes of at least 4 members (excludes halogenated alkanes) is 1. The molecular formula is C17H27ClN2O. The van der Waals surface area contributed by atoms with Gasteiger partial charge in [0, 0.05) is 19.1 Å². The van der Waals surface area contributed by atoms with Crippen molar-refractivity contribution in [2.75, 3.05) is 13.1 Å². The Morgan fingerprint density at radius 3 is 2.33 bits per heavy atom. The molecule has 0 saturated carbocycles. The molecule has 1 aliphatic rings. The van der Waals surface area contributed by atoms with Crippen LogP contribution in [0.25, 0.3) is 0 Å². The number of nitrogens with zero attached hydrogens (tertiary/aromatic N) is 1. The molecule has 118 valence electrons. The molecule has 0 unspecified atom stereocenters. The van der Waals surface area contributed by atoms with Gasteiger partial charge in [-0.2, -0.15) is 0 Å². The molecule has 21 heavy (non-hydrogen) atoms. The van der Waals surface area contributed by atoms with Crippen molar-refractivity contribution in [3.05, 3.63) is 35.4 Å². The van der Waals surface area contributed by atoms with Crippen LogP contribution in [0.3, 0.4) is 0 Å². The number of benzene rings is 1. The van der Waals surface area contributed by atoms with Crippen LogP contribution in [0.15, 0.2) is 24.3 Å². The Morgan fingerprint density at radius 1 is 1.19 bits per heavy atom. The van der Waals surface area contributed by atoms with Crippen molar-refractivity contribution in [3.8, 4) is 0 Å². The highest BCUT2D eigenvalue weighted by atomic mass is 35.5. The van der Waals surface area contributed by atoms with Gasteiger partial charge in [0.25, 0.3) is 0 Å². The lowest BCUT2D eigenvalue weighted by Gasteiger charge is -2.30. The Bertz CT molecular complexity index is 425. The van der Waals surface area contributed by atoms with E-state index in [1.54, 1.807) is 0 Å². The number of hydrogen-bond donors (Lipinski definition) is 1. The normalized spacial score (nSPS) is 15.6. The average Bonchev–Trinajstić information content (AvgIpc) is 2.47. The van der Waals surface area contributed by atoms with Gasteiger partial charge in [-0.1, -0.05) is 37.6 Å². The van der Waals surface area contributed by atoms with E-state index in [2.05, 4.69) is 31.2 Å². The van der Waals surface area contributed by atoms with E-state index in [1.165, 1.54) is 18.4 Å². The molecule has 2 rings (SSSR count). The van der Waals surface area contributed by atoms with Crippen molar-refractivity contribution in [1.29, 1.82) is 0 Å². The molecule has 1 heterocycles. The maximum Gasteiger partial charge on any atom is 0.226 e. The molecular weight excluding hydrogens is 284 g/mol. The lowest BCUT2D eigenvalue weighted by molar-refractivity contribution is -0.131. The van der Waals surface area contributed by atoms with Crippen molar-refractivity contribution < 1.29 is 4.79 Å². The first-order valence-electron chi connectivity index (χ1n) is 7.80. The first-order chi connectivity index (χ1) is 9.69. The summed E-state index contributed by atoms with van der Waals surface area (Å²) in [6, 6.07) is 8.78. The summed E-state index contributed by atoms with van der Waals surface area (Å²) in [5.74, 6) is 0.234. The lowest BCUT2D eigenvalue weighted by atomic mass is 10.0. The van der Waals surface area contributed by atoms with E-state index >= 15 is 0 Å². The molecule has 1 aromatic carbocycles. The predicted octanol–water partition coefficient (Wildman–Crippen LogP) is 2.94. The molecule has 0 spiro atoms. The summed E-state index contributed by atoms with van der Waals surface area (Å²) in [5, 5.41) is 0. The summed E-state index contributed by atoms with van der Waals surface area (Å²) in [5.41, 5.74) is 8.35. The van der Waals surface area contributed by atoms with Gasteiger partial charge in [0.05, 0.1) is 6.42 Å². The maximum atomic E-state index is 12.2. The third-order valence-corrected chi connectivity index (χ3v) is 4.09. The van der Waals surface area contributed by atoms with E-state index in [0.717, 1.165) is 37.9 Å². The van der Waals surface area contributed by atoms with Crippen molar-refractivity contribution in [2.24, 2.45) is 5.73 Å². The van der Waals surface area contributed by atoms with E-state index < -0.39 is 0 Å². The van der Waals surface area contributed by atoms with Gasteiger partial charge in [-0.05, 0) is 36.8 Å². The van der Waals surface area contributed by atoms with Crippen LogP contribution in [-0.2, 0) is 17.6 Å². The summed E-state index contributed by atoms with van der Waals surface area (Å²) in [7, 11) is 0. The fraction of sp³-hybridized carbons (Fsp3) is 0.588. The topological polar surface area (TPSA) is 46.3 Å². The molecule has 3 nitrogen and oxygen atoms in total. The number of aryl methyl sites for hydroxylation is 1. The van der Waals surface area contributed by atoms with Gasteiger partial charge in [-0.15, -0.1) is 12.4 Å². The molecule has 0 radical (unpaired) electrons. The Balaban J connectivity index is 0.00000220. The van der Waals surface area contributed by atoms with Gasteiger partial charge >= 0.3 is 0 Å². The Morgan fingerprint density at radius 2 is 1.76 bits per heavy atom. The molecule has 1 aromatic rings. The van der Waals surface area contributed by atoms with Crippen LogP contribution >= 0.6 is 12.4 Å². The van der Waals surface area contributed by atoms with Gasteiger partial charge < -0.3 is 10.6 Å². The van der Waals surface area contributed by atoms with Crippen LogP contribution in [-0.4, -0.2) is 29.9 Å². The standard InChI is InChI=1S/C17H26N2O.ClH/c1-2-3-4-14-5-7-15(8-6-14)13-17(20)19-11-9-16(18)10-12-19;/h5-8,16H,2-4,9-13,18H2,1H3;1H. The van der Waals surface area contributed by atoms with Crippen molar-refractivity contribution >= 4 is 18.3 Å². The summed E-state index contributed by atoms with van der Waals surface area (Å²) in [4.78, 5) is 14.2. The average molecular weight is 311 g/mol. The second-order valence-electron chi connectivity index (χ2n) is 5.82. The lowest BCUT2D eigenvalue weighted by Crippen LogP contribution is -2.43. The van der Waals surface area contributed by atoms with E-state index in [-0.39, 0.29) is 24.4 Å². The summed E-state index contributed by atoms with van der Waals surface area (Å²) >= 11 is 0. The first kappa shape index (κ1) is 18.0. The minimum atomic E-state index is 0. The third-order valence-electron chi connectivity index (χ3n) is 4.09. The second kappa shape index (κ2) is 9.06. The van der Waals surface area contributed by atoms with Crippen LogP contribution < -0.4 is 5.73 Å². The molecule has 0 bridgehead atoms. The number of piperidine rings is 1. The zero-order chi connectivity index (χ0) is 14.4. The zero-order valence-corrected chi connectivity index (χ0v) is 13.7. The highest BCUT2D eigenvalue weighted by Crippen LogP contribution is 2.12. The van der Waals surface area contributed by atoms with Crippen LogP contribution in [0.1, 0.15) is 43.7 Å². The molecule has 1 amide bonds. The fourth-order valence-electron chi connectivity index (χ4n) is 2.64. The molecule has 0 aromatic heterocycles. The smallest absolute Gasteiger partial charge is 0.226 e. The number of halogens is 1. The molecule has 4 heteroatoms. The quantitative estimate of drug-likeness (QED) is 0.909. The van der Waals surface area contributed by atoms with Gasteiger partial charge in [-0.3, -0.25) is 4.79 Å². The molecule has 1 aliphatic heterocycles. The van der Waals surface area contributed by atoms with E-state index in [4.69, 9.17) is 5.73 Å². The van der Waals surface area contributed by atoms with Gasteiger partial charge in [0.1, 0.15) is 0 Å². The number of rotatable bonds is 5. The van der Waals surface area contributed by atoms with Crippen LogP contribution in [0.2, 0.25) is 0 Å². The molecule has 0 atom stereocenters. The van der Waals surface area contributed by atoms with Crippen molar-refractivity contribution in [2.45, 2.75) is 51.5 Å². The highest BCUT2D eigenvalue weighted by molar-refractivity contribution is 5.85. The predicted molar refractivity (Wildman–Crippen MR) is 89.8 cm³/mol. The molecule has 1 saturated heterocycles. The summed E-state index contributed by atoms with van der Waals surface area (Å²) < 4.78 is 0. The molecule has 0 aliphatic carbocycles. The fourth-order valence-corrected chi connectivity index (χ4v) is 2.64. The Kier molecular flexibility index (Phi) is 7.76. The number of carbonyl (C=O) groups excluding carboxylic acids is 1. The van der Waals surface area contributed by atoms with Crippen LogP contribution in [0.4, 0.5) is 0 Å². The Labute approximate surface area is 134 Å². The Hall–Kier alpha value is -1.06. The van der Waals surface area contributed by atoms with Crippen LogP contribution in [0.5, 0.6) is 0 Å². The number of likely N-dealkylation sites (tertiary alicyclic amines) is 1. The highest BCUT2D eigenvalue weighted by Gasteiger charge is 2.20. The zero-order valence-electron chi connectivity index (χ0n) is 12.9. The van der Waals surface area contributed by atoms with Crippen LogP contribution in [0, 0.1) is 0 Å². The minimum Gasteiger partial charge on any atom is -0.342 e. The van der Waals surface area contributed by atoms with Crippen molar-refractivity contribution in [3.63, 3.8) is 0 Å². The molecule has 2 N–H and O–H groups in total. The SMILES string of the molecule is CCCCc1ccc(CC(=O)N2CCC(N)CC2)cc1.Cl. The van der Waals surface area contributed by atoms with Gasteiger partial charge in [0.15, 0.2) is 0 Å².